The van der Waals surface area contributed by atoms with Crippen LogP contribution in [0.1, 0.15) is 11.1 Å². The highest BCUT2D eigenvalue weighted by Gasteiger charge is 2.52. The average Bonchev–Trinajstić information content (AvgIpc) is 3.11. The first-order valence-corrected chi connectivity index (χ1v) is 9.04. The summed E-state index contributed by atoms with van der Waals surface area (Å²) in [6.07, 6.45) is 0. The first-order valence-electron chi connectivity index (χ1n) is 8.06. The summed E-state index contributed by atoms with van der Waals surface area (Å²) in [5.74, 6) is 0.688. The minimum Gasteiger partial charge on any atom is -0.314 e. The number of fused-ring (bicyclic) bond motifs is 1. The molecule has 0 N–H and O–H groups in total. The lowest BCUT2D eigenvalue weighted by molar-refractivity contribution is -0.114. The van der Waals surface area contributed by atoms with Crippen molar-refractivity contribution in [1.29, 1.82) is 0 Å². The standard InChI is InChI=1S/C19H18N2O2S/c22-18-17-16(13-24-18)20(11-14-7-3-1-4-8-14)19(23)21(17)12-15-9-5-2-6-10-15/h1-10,16-17H,11-13H2. The van der Waals surface area contributed by atoms with Crippen LogP contribution in [0.2, 0.25) is 0 Å². The van der Waals surface area contributed by atoms with Crippen molar-refractivity contribution in [2.24, 2.45) is 0 Å². The van der Waals surface area contributed by atoms with E-state index in [0.29, 0.717) is 18.8 Å². The third kappa shape index (κ3) is 2.69. The van der Waals surface area contributed by atoms with Crippen molar-refractivity contribution in [3.63, 3.8) is 0 Å². The van der Waals surface area contributed by atoms with Crippen molar-refractivity contribution in [1.82, 2.24) is 9.80 Å². The van der Waals surface area contributed by atoms with Crippen molar-refractivity contribution in [3.05, 3.63) is 71.8 Å². The van der Waals surface area contributed by atoms with E-state index >= 15 is 0 Å². The molecule has 2 aromatic carbocycles. The molecule has 0 saturated carbocycles. The number of benzene rings is 2. The number of urea groups is 1. The van der Waals surface area contributed by atoms with Crippen LogP contribution in [-0.4, -0.2) is 38.8 Å². The van der Waals surface area contributed by atoms with Crippen LogP contribution in [0.5, 0.6) is 0 Å². The number of rotatable bonds is 4. The lowest BCUT2D eigenvalue weighted by Gasteiger charge is -2.22. The summed E-state index contributed by atoms with van der Waals surface area (Å²) >= 11 is 1.35. The molecule has 24 heavy (non-hydrogen) atoms. The molecular formula is C19H18N2O2S. The van der Waals surface area contributed by atoms with Crippen LogP contribution in [0.4, 0.5) is 4.79 Å². The van der Waals surface area contributed by atoms with Gasteiger partial charge < -0.3 is 9.80 Å². The Bertz CT molecular complexity index is 750. The second-order valence-electron chi connectivity index (χ2n) is 6.15. The van der Waals surface area contributed by atoms with Gasteiger partial charge in [0.1, 0.15) is 6.04 Å². The van der Waals surface area contributed by atoms with E-state index in [4.69, 9.17) is 0 Å². The Hall–Kier alpha value is -2.27. The van der Waals surface area contributed by atoms with Crippen molar-refractivity contribution >= 4 is 22.9 Å². The zero-order valence-corrected chi connectivity index (χ0v) is 14.0. The predicted molar refractivity (Wildman–Crippen MR) is 94.4 cm³/mol. The Balaban J connectivity index is 1.60. The maximum absolute atomic E-state index is 13.0. The van der Waals surface area contributed by atoms with Gasteiger partial charge in [0.25, 0.3) is 0 Å². The molecule has 0 aromatic heterocycles. The molecule has 2 heterocycles. The number of thioether (sulfide) groups is 1. The summed E-state index contributed by atoms with van der Waals surface area (Å²) in [4.78, 5) is 28.9. The van der Waals surface area contributed by atoms with Crippen molar-refractivity contribution in [2.45, 2.75) is 25.2 Å². The van der Waals surface area contributed by atoms with Gasteiger partial charge >= 0.3 is 6.03 Å². The number of hydrogen-bond donors (Lipinski definition) is 0. The van der Waals surface area contributed by atoms with Crippen LogP contribution >= 0.6 is 11.8 Å². The largest absolute Gasteiger partial charge is 0.321 e. The number of carbonyl (C=O) groups excluding carboxylic acids is 2. The van der Waals surface area contributed by atoms with E-state index in [2.05, 4.69) is 0 Å². The Labute approximate surface area is 145 Å². The Morgan fingerprint density at radius 3 is 1.96 bits per heavy atom. The van der Waals surface area contributed by atoms with Crippen LogP contribution in [0, 0.1) is 0 Å². The van der Waals surface area contributed by atoms with E-state index in [0.717, 1.165) is 11.1 Å². The van der Waals surface area contributed by atoms with Crippen LogP contribution in [0.15, 0.2) is 60.7 Å². The zero-order chi connectivity index (χ0) is 16.5. The number of carbonyl (C=O) groups is 2. The Morgan fingerprint density at radius 2 is 1.38 bits per heavy atom. The van der Waals surface area contributed by atoms with Gasteiger partial charge in [0.05, 0.1) is 6.04 Å². The highest BCUT2D eigenvalue weighted by Crippen LogP contribution is 2.37. The minimum absolute atomic E-state index is 0.0288. The number of hydrogen-bond acceptors (Lipinski definition) is 3. The van der Waals surface area contributed by atoms with E-state index < -0.39 is 0 Å². The average molecular weight is 338 g/mol. The van der Waals surface area contributed by atoms with Gasteiger partial charge in [0.2, 0.25) is 5.12 Å². The molecule has 2 aliphatic heterocycles. The van der Waals surface area contributed by atoms with Crippen molar-refractivity contribution in [3.8, 4) is 0 Å². The van der Waals surface area contributed by atoms with Gasteiger partial charge in [-0.1, -0.05) is 72.4 Å². The summed E-state index contributed by atoms with van der Waals surface area (Å²) in [7, 11) is 0. The molecule has 0 radical (unpaired) electrons. The fourth-order valence-corrected chi connectivity index (χ4v) is 4.59. The van der Waals surface area contributed by atoms with Crippen molar-refractivity contribution in [2.75, 3.05) is 5.75 Å². The molecule has 0 aliphatic carbocycles. The Morgan fingerprint density at radius 1 is 0.833 bits per heavy atom. The normalized spacial score (nSPS) is 23.0. The topological polar surface area (TPSA) is 40.6 Å². The molecule has 4 nitrogen and oxygen atoms in total. The molecule has 2 unspecified atom stereocenters. The highest BCUT2D eigenvalue weighted by atomic mass is 32.2. The van der Waals surface area contributed by atoms with Gasteiger partial charge in [-0.3, -0.25) is 4.79 Å². The number of amides is 2. The second kappa shape index (κ2) is 6.32. The van der Waals surface area contributed by atoms with E-state index in [1.54, 1.807) is 4.90 Å². The SMILES string of the molecule is O=C1SCC2C1N(Cc1ccccc1)C(=O)N2Cc1ccccc1. The lowest BCUT2D eigenvalue weighted by atomic mass is 10.1. The molecule has 4 rings (SSSR count). The monoisotopic (exact) mass is 338 g/mol. The van der Waals surface area contributed by atoms with Crippen LogP contribution in [-0.2, 0) is 17.9 Å². The van der Waals surface area contributed by atoms with Crippen LogP contribution < -0.4 is 0 Å². The molecule has 5 heteroatoms. The molecule has 0 bridgehead atoms. The molecule has 2 amide bonds. The van der Waals surface area contributed by atoms with Gasteiger partial charge in [-0.15, -0.1) is 0 Å². The molecule has 2 fully saturated rings. The summed E-state index contributed by atoms with van der Waals surface area (Å²) in [5.41, 5.74) is 2.14. The molecule has 2 saturated heterocycles. The molecule has 2 aliphatic rings. The summed E-state index contributed by atoms with van der Waals surface area (Å²) in [6, 6.07) is 19.4. The molecule has 2 atom stereocenters. The van der Waals surface area contributed by atoms with Crippen LogP contribution in [0.25, 0.3) is 0 Å². The van der Waals surface area contributed by atoms with Crippen molar-refractivity contribution < 1.29 is 9.59 Å². The van der Waals surface area contributed by atoms with E-state index in [9.17, 15) is 9.59 Å². The summed E-state index contributed by atoms with van der Waals surface area (Å²) in [5, 5.41) is 0.111. The molecule has 122 valence electrons. The first kappa shape index (κ1) is 15.3. The Kier molecular flexibility index (Phi) is 4.02. The van der Waals surface area contributed by atoms with E-state index in [1.807, 2.05) is 65.6 Å². The summed E-state index contributed by atoms with van der Waals surface area (Å²) < 4.78 is 0. The minimum atomic E-state index is -0.327. The zero-order valence-electron chi connectivity index (χ0n) is 13.2. The van der Waals surface area contributed by atoms with Gasteiger partial charge in [-0.2, -0.15) is 0 Å². The lowest BCUT2D eigenvalue weighted by Crippen LogP contribution is -2.38. The molecule has 0 spiro atoms. The third-order valence-electron chi connectivity index (χ3n) is 4.62. The van der Waals surface area contributed by atoms with Gasteiger partial charge in [-0.25, -0.2) is 4.79 Å². The predicted octanol–water partition coefficient (Wildman–Crippen LogP) is 3.14. The first-order chi connectivity index (χ1) is 11.7. The van der Waals surface area contributed by atoms with Gasteiger partial charge in [-0.05, 0) is 11.1 Å². The third-order valence-corrected chi connectivity index (χ3v) is 5.66. The van der Waals surface area contributed by atoms with E-state index in [1.165, 1.54) is 11.8 Å². The van der Waals surface area contributed by atoms with Crippen LogP contribution in [0.3, 0.4) is 0 Å². The fraction of sp³-hybridized carbons (Fsp3) is 0.263. The fourth-order valence-electron chi connectivity index (χ4n) is 3.43. The number of nitrogens with zero attached hydrogens (tertiary/aromatic N) is 2. The molecule has 2 aromatic rings. The second-order valence-corrected chi connectivity index (χ2v) is 7.18. The quantitative estimate of drug-likeness (QED) is 0.804. The summed E-state index contributed by atoms with van der Waals surface area (Å²) in [6.45, 7) is 1.04. The highest BCUT2D eigenvalue weighted by molar-refractivity contribution is 8.14. The smallest absolute Gasteiger partial charge is 0.314 e. The maximum atomic E-state index is 13.0. The van der Waals surface area contributed by atoms with Gasteiger partial charge in [0.15, 0.2) is 0 Å². The molecular weight excluding hydrogens is 320 g/mol. The van der Waals surface area contributed by atoms with E-state index in [-0.39, 0.29) is 23.2 Å². The van der Waals surface area contributed by atoms with Gasteiger partial charge in [0, 0.05) is 18.8 Å². The maximum Gasteiger partial charge on any atom is 0.321 e.